The van der Waals surface area contributed by atoms with Crippen LogP contribution in [0.4, 0.5) is 0 Å². The first-order chi connectivity index (χ1) is 13.7. The highest BCUT2D eigenvalue weighted by Gasteiger charge is 2.24. The molecule has 0 heterocycles. The number of carbonyl (C=O) groups is 2. The van der Waals surface area contributed by atoms with Crippen LogP contribution in [0.1, 0.15) is 29.8 Å². The van der Waals surface area contributed by atoms with Crippen LogP contribution in [-0.2, 0) is 4.79 Å². The molecule has 0 fully saturated rings. The van der Waals surface area contributed by atoms with E-state index in [-0.39, 0.29) is 23.3 Å². The molecule has 2 aromatic rings. The van der Waals surface area contributed by atoms with Gasteiger partial charge in [-0.15, -0.1) is 0 Å². The normalized spacial score (nSPS) is 12.1. The molecule has 0 aliphatic carbocycles. The summed E-state index contributed by atoms with van der Waals surface area (Å²) in [6.07, 6.45) is 1.41. The first kappa shape index (κ1) is 22.7. The van der Waals surface area contributed by atoms with Gasteiger partial charge in [0.2, 0.25) is 0 Å². The molecular formula is C20H21BrClN3O4. The number of ether oxygens (including phenoxy) is 1. The molecule has 0 spiro atoms. The van der Waals surface area contributed by atoms with Crippen molar-refractivity contribution in [2.75, 3.05) is 7.11 Å². The first-order valence-corrected chi connectivity index (χ1v) is 9.86. The van der Waals surface area contributed by atoms with Gasteiger partial charge in [0, 0.05) is 10.6 Å². The summed E-state index contributed by atoms with van der Waals surface area (Å²) < 4.78 is 5.50. The zero-order valence-corrected chi connectivity index (χ0v) is 18.4. The van der Waals surface area contributed by atoms with E-state index in [1.807, 2.05) is 13.8 Å². The summed E-state index contributed by atoms with van der Waals surface area (Å²) in [5, 5.41) is 17.0. The lowest BCUT2D eigenvalue weighted by molar-refractivity contribution is -0.123. The molecule has 0 aromatic heterocycles. The van der Waals surface area contributed by atoms with E-state index in [2.05, 4.69) is 31.8 Å². The maximum atomic E-state index is 12.5. The van der Waals surface area contributed by atoms with Crippen LogP contribution in [0, 0.1) is 5.92 Å². The second kappa shape index (κ2) is 10.3. The van der Waals surface area contributed by atoms with E-state index in [1.54, 1.807) is 36.4 Å². The number of rotatable bonds is 7. The summed E-state index contributed by atoms with van der Waals surface area (Å²) in [5.41, 5.74) is 3.42. The fourth-order valence-corrected chi connectivity index (χ4v) is 3.01. The third-order valence-corrected chi connectivity index (χ3v) is 4.86. The Bertz CT molecular complexity index is 917. The van der Waals surface area contributed by atoms with Crippen molar-refractivity contribution in [3.8, 4) is 11.5 Å². The van der Waals surface area contributed by atoms with Gasteiger partial charge < -0.3 is 15.2 Å². The molecule has 0 saturated heterocycles. The molecule has 0 radical (unpaired) electrons. The van der Waals surface area contributed by atoms with E-state index in [0.29, 0.717) is 20.6 Å². The summed E-state index contributed by atoms with van der Waals surface area (Å²) in [6.45, 7) is 3.64. The summed E-state index contributed by atoms with van der Waals surface area (Å²) in [4.78, 5) is 24.9. The smallest absolute Gasteiger partial charge is 0.262 e. The molecule has 0 bridgehead atoms. The maximum Gasteiger partial charge on any atom is 0.262 e. The number of methoxy groups -OCH3 is 1. The van der Waals surface area contributed by atoms with Crippen LogP contribution in [0.15, 0.2) is 46.0 Å². The van der Waals surface area contributed by atoms with Crippen molar-refractivity contribution < 1.29 is 19.4 Å². The Hall–Kier alpha value is -2.58. The lowest BCUT2D eigenvalue weighted by Crippen LogP contribution is -2.48. The molecule has 9 heteroatoms. The van der Waals surface area contributed by atoms with Crippen molar-refractivity contribution in [2.24, 2.45) is 11.0 Å². The third kappa shape index (κ3) is 6.20. The molecule has 154 valence electrons. The van der Waals surface area contributed by atoms with Gasteiger partial charge in [-0.25, -0.2) is 5.43 Å². The largest absolute Gasteiger partial charge is 0.503 e. The van der Waals surface area contributed by atoms with E-state index < -0.39 is 11.9 Å². The van der Waals surface area contributed by atoms with Crippen LogP contribution in [0.3, 0.4) is 0 Å². The van der Waals surface area contributed by atoms with E-state index in [1.165, 1.54) is 13.3 Å². The number of phenolic OH excluding ortho intramolecular Hbond substituents is 1. The Kier molecular flexibility index (Phi) is 8.04. The number of amides is 2. The monoisotopic (exact) mass is 481 g/mol. The average Bonchev–Trinajstić information content (AvgIpc) is 2.68. The predicted molar refractivity (Wildman–Crippen MR) is 116 cm³/mol. The van der Waals surface area contributed by atoms with Gasteiger partial charge in [-0.3, -0.25) is 9.59 Å². The van der Waals surface area contributed by atoms with Crippen LogP contribution in [0.25, 0.3) is 0 Å². The van der Waals surface area contributed by atoms with Crippen molar-refractivity contribution in [1.29, 1.82) is 0 Å². The van der Waals surface area contributed by atoms with Crippen molar-refractivity contribution in [3.05, 3.63) is 57.0 Å². The SMILES string of the molecule is COc1cc(C=NNC(=O)C(NC(=O)c2ccc(Cl)cc2)C(C)C)cc(Br)c1O. The van der Waals surface area contributed by atoms with Crippen LogP contribution in [0.2, 0.25) is 5.02 Å². The molecule has 7 nitrogen and oxygen atoms in total. The average molecular weight is 483 g/mol. The van der Waals surface area contributed by atoms with Crippen molar-refractivity contribution in [2.45, 2.75) is 19.9 Å². The van der Waals surface area contributed by atoms with Gasteiger partial charge in [0.15, 0.2) is 11.5 Å². The zero-order valence-electron chi connectivity index (χ0n) is 16.1. The van der Waals surface area contributed by atoms with Gasteiger partial charge in [-0.1, -0.05) is 25.4 Å². The number of hydrogen-bond donors (Lipinski definition) is 3. The van der Waals surface area contributed by atoms with Gasteiger partial charge in [-0.05, 0) is 63.8 Å². The molecule has 0 aliphatic rings. The Labute approximate surface area is 182 Å². The Balaban J connectivity index is 2.06. The number of benzene rings is 2. The van der Waals surface area contributed by atoms with Crippen LogP contribution in [-0.4, -0.2) is 36.3 Å². The molecule has 2 rings (SSSR count). The van der Waals surface area contributed by atoms with Gasteiger partial charge >= 0.3 is 0 Å². The molecule has 3 N–H and O–H groups in total. The predicted octanol–water partition coefficient (Wildman–Crippen LogP) is 3.72. The minimum absolute atomic E-state index is 0.0292. The highest BCUT2D eigenvalue weighted by atomic mass is 79.9. The lowest BCUT2D eigenvalue weighted by atomic mass is 10.0. The molecule has 1 unspecified atom stereocenters. The first-order valence-electron chi connectivity index (χ1n) is 8.68. The maximum absolute atomic E-state index is 12.5. The van der Waals surface area contributed by atoms with Crippen molar-refractivity contribution >= 4 is 45.6 Å². The van der Waals surface area contributed by atoms with Crippen LogP contribution >= 0.6 is 27.5 Å². The number of nitrogens with zero attached hydrogens (tertiary/aromatic N) is 1. The second-order valence-electron chi connectivity index (χ2n) is 6.49. The quantitative estimate of drug-likeness (QED) is 0.414. The topological polar surface area (TPSA) is 100 Å². The fourth-order valence-electron chi connectivity index (χ4n) is 2.42. The molecule has 1 atom stereocenters. The Morgan fingerprint density at radius 1 is 1.24 bits per heavy atom. The zero-order chi connectivity index (χ0) is 21.6. The third-order valence-electron chi connectivity index (χ3n) is 4.00. The van der Waals surface area contributed by atoms with Gasteiger partial charge in [0.05, 0.1) is 17.8 Å². The number of nitrogens with one attached hydrogen (secondary N) is 2. The summed E-state index contributed by atoms with van der Waals surface area (Å²) in [5.74, 6) is -0.764. The van der Waals surface area contributed by atoms with Crippen molar-refractivity contribution in [1.82, 2.24) is 10.7 Å². The number of hydrogen-bond acceptors (Lipinski definition) is 5. The molecule has 2 aromatic carbocycles. The van der Waals surface area contributed by atoms with Gasteiger partial charge in [0.1, 0.15) is 6.04 Å². The van der Waals surface area contributed by atoms with Gasteiger partial charge in [0.25, 0.3) is 11.8 Å². The molecule has 0 aliphatic heterocycles. The molecule has 29 heavy (non-hydrogen) atoms. The summed E-state index contributed by atoms with van der Waals surface area (Å²) >= 11 is 9.05. The molecule has 0 saturated carbocycles. The number of aromatic hydroxyl groups is 1. The van der Waals surface area contributed by atoms with E-state index in [0.717, 1.165) is 0 Å². The standard InChI is InChI=1S/C20H21BrClN3O4/c1-11(2)17(24-19(27)13-4-6-14(22)7-5-13)20(28)25-23-10-12-8-15(21)18(26)16(9-12)29-3/h4-11,17,26H,1-3H3,(H,24,27)(H,25,28). The van der Waals surface area contributed by atoms with Gasteiger partial charge in [-0.2, -0.15) is 5.10 Å². The van der Waals surface area contributed by atoms with Crippen LogP contribution in [0.5, 0.6) is 11.5 Å². The highest BCUT2D eigenvalue weighted by Crippen LogP contribution is 2.34. The van der Waals surface area contributed by atoms with E-state index in [9.17, 15) is 14.7 Å². The van der Waals surface area contributed by atoms with Crippen LogP contribution < -0.4 is 15.5 Å². The second-order valence-corrected chi connectivity index (χ2v) is 7.78. The van der Waals surface area contributed by atoms with E-state index in [4.69, 9.17) is 16.3 Å². The summed E-state index contributed by atoms with van der Waals surface area (Å²) in [6, 6.07) is 8.79. The summed E-state index contributed by atoms with van der Waals surface area (Å²) in [7, 11) is 1.43. The fraction of sp³-hybridized carbons (Fsp3) is 0.250. The Morgan fingerprint density at radius 2 is 1.90 bits per heavy atom. The number of halogens is 2. The van der Waals surface area contributed by atoms with Crippen molar-refractivity contribution in [3.63, 3.8) is 0 Å². The minimum atomic E-state index is -0.781. The molecule has 2 amide bonds. The number of carbonyl (C=O) groups excluding carboxylic acids is 2. The minimum Gasteiger partial charge on any atom is -0.503 e. The number of hydrazone groups is 1. The molecular weight excluding hydrogens is 462 g/mol. The Morgan fingerprint density at radius 3 is 2.48 bits per heavy atom. The highest BCUT2D eigenvalue weighted by molar-refractivity contribution is 9.10. The van der Waals surface area contributed by atoms with E-state index >= 15 is 0 Å². The number of phenols is 1. The lowest BCUT2D eigenvalue weighted by Gasteiger charge is -2.20.